The van der Waals surface area contributed by atoms with Gasteiger partial charge in [0, 0.05) is 12.2 Å². The van der Waals surface area contributed by atoms with Crippen molar-refractivity contribution in [2.45, 2.75) is 142 Å². The predicted molar refractivity (Wildman–Crippen MR) is 429 cm³/mol. The molecule has 112 heavy (non-hydrogen) atoms. The fourth-order valence-electron chi connectivity index (χ4n) is 12.2. The highest BCUT2D eigenvalue weighted by Gasteiger charge is 2.41. The van der Waals surface area contributed by atoms with Crippen molar-refractivity contribution in [3.8, 4) is 35.3 Å². The molecule has 6 aromatic carbocycles. The highest BCUT2D eigenvalue weighted by molar-refractivity contribution is 5.92. The lowest BCUT2D eigenvalue weighted by Crippen LogP contribution is -2.45. The molecular formula is C90H103N4O18-. The van der Waals surface area contributed by atoms with E-state index in [0.717, 1.165) is 100 Å². The summed E-state index contributed by atoms with van der Waals surface area (Å²) < 4.78 is 57.7. The Morgan fingerprint density at radius 2 is 0.670 bits per heavy atom. The van der Waals surface area contributed by atoms with Gasteiger partial charge in [0.1, 0.15) is 54.8 Å². The molecule has 0 bridgehead atoms. The predicted octanol–water partition coefficient (Wildman–Crippen LogP) is 16.2. The lowest BCUT2D eigenvalue weighted by molar-refractivity contribution is -0.166. The van der Waals surface area contributed by atoms with Gasteiger partial charge in [0.2, 0.25) is 0 Å². The second-order valence-electron chi connectivity index (χ2n) is 27.4. The molecule has 0 unspecified atom stereocenters. The van der Waals surface area contributed by atoms with E-state index >= 15 is 0 Å². The maximum absolute atomic E-state index is 14.3. The minimum atomic E-state index is -1.70. The van der Waals surface area contributed by atoms with Crippen LogP contribution in [-0.4, -0.2) is 125 Å². The number of rotatable bonds is 44. The first-order chi connectivity index (χ1) is 54.5. The number of carbonyl (C=O) groups excluding carboxylic acids is 8. The van der Waals surface area contributed by atoms with E-state index in [1.165, 1.54) is 11.1 Å². The van der Waals surface area contributed by atoms with Crippen LogP contribution in [0.4, 0.5) is 0 Å². The van der Waals surface area contributed by atoms with Crippen LogP contribution >= 0.6 is 0 Å². The summed E-state index contributed by atoms with van der Waals surface area (Å²) in [6.07, 6.45) is 26.2. The van der Waals surface area contributed by atoms with Crippen LogP contribution < -0.4 is 18.9 Å². The highest BCUT2D eigenvalue weighted by Crippen LogP contribution is 2.35. The van der Waals surface area contributed by atoms with Crippen molar-refractivity contribution in [3.63, 3.8) is 0 Å². The minimum Gasteiger partial charge on any atom is -0.494 e. The fraction of sp³-hybridized carbons (Fsp3) is 0.389. The van der Waals surface area contributed by atoms with Gasteiger partial charge >= 0.3 is 47.8 Å². The Morgan fingerprint density at radius 1 is 0.393 bits per heavy atom. The van der Waals surface area contributed by atoms with E-state index in [0.29, 0.717) is 86.2 Å². The number of unbranched alkanes of at least 4 members (excludes halogenated alkanes) is 6. The number of hydrogen-bond donors (Lipinski definition) is 0. The highest BCUT2D eigenvalue weighted by atomic mass is 16.6. The molecule has 0 aromatic heterocycles. The third kappa shape index (κ3) is 32.1. The molecule has 0 atom stereocenters. The topological polar surface area (TPSA) is 278 Å². The first kappa shape index (κ1) is 87.5. The lowest BCUT2D eigenvalue weighted by atomic mass is 9.82. The summed E-state index contributed by atoms with van der Waals surface area (Å²) in [5, 5.41) is 16.8. The molecule has 0 aliphatic heterocycles. The van der Waals surface area contributed by atoms with E-state index < -0.39 is 103 Å². The molecule has 0 heterocycles. The van der Waals surface area contributed by atoms with Gasteiger partial charge in [-0.3, -0.25) is 19.2 Å². The third-order valence-corrected chi connectivity index (χ3v) is 18.7. The Morgan fingerprint density at radius 3 is 0.973 bits per heavy atom. The maximum atomic E-state index is 14.3. The number of nitrogens with zero attached hydrogens (tertiary/aromatic N) is 4. The minimum absolute atomic E-state index is 0.147. The summed E-state index contributed by atoms with van der Waals surface area (Å²) in [4.78, 5) is 107. The Balaban J connectivity index is 0.00000571. The summed E-state index contributed by atoms with van der Waals surface area (Å²) >= 11 is 0. The van der Waals surface area contributed by atoms with Gasteiger partial charge in [-0.15, -0.1) is 0 Å². The number of terminal acetylenes is 1. The summed E-state index contributed by atoms with van der Waals surface area (Å²) in [5.41, 5.74) is 4.13. The van der Waals surface area contributed by atoms with E-state index in [-0.39, 0.29) is 36.8 Å². The first-order valence-corrected chi connectivity index (χ1v) is 38.4. The molecule has 2 aliphatic carbocycles. The summed E-state index contributed by atoms with van der Waals surface area (Å²) in [7, 11) is 0. The number of carbonyl (C=O) groups is 8. The van der Waals surface area contributed by atoms with Crippen molar-refractivity contribution in [2.75, 3.05) is 52.9 Å². The fourth-order valence-corrected chi connectivity index (χ4v) is 12.2. The van der Waals surface area contributed by atoms with E-state index in [1.54, 1.807) is 122 Å². The molecule has 592 valence electrons. The normalized spacial score (nSPS) is 15.4. The summed E-state index contributed by atoms with van der Waals surface area (Å²) in [5.74, 6) is -3.01. The Kier molecular flexibility index (Phi) is 38.6. The number of hydrogen-bond acceptors (Lipinski definition) is 22. The molecule has 0 N–H and O–H groups in total. The molecule has 6 aromatic rings. The van der Waals surface area contributed by atoms with Crippen molar-refractivity contribution in [2.24, 2.45) is 49.5 Å². The van der Waals surface area contributed by atoms with Gasteiger partial charge in [0.25, 0.3) is 0 Å². The quantitative estimate of drug-likeness (QED) is 0.00395. The van der Waals surface area contributed by atoms with Crippen molar-refractivity contribution in [3.05, 3.63) is 222 Å². The van der Waals surface area contributed by atoms with Crippen LogP contribution in [0.3, 0.4) is 0 Å². The third-order valence-electron chi connectivity index (χ3n) is 18.7. The van der Waals surface area contributed by atoms with Gasteiger partial charge in [-0.2, -0.15) is 27.3 Å². The molecule has 2 saturated carbocycles. The SMILES string of the molecule is C#C[CH2-].C=CC(=O)OCCCCCCOc1ccc(OC(=O)C2CCC(C(=O)OCC(COC(=O)c3ccc(/C=N/N=C/c4ccc(CCC)cc4)cc3)(COC(=O)c3ccc(/C=N/N=C/c4ccc(CCC)cc4)cc3)COC(=O)C3CCC(C(=O)Oc4ccc(OCCCCCCOC(=O)C=C)cc4)CC3)CC2)cc1. The van der Waals surface area contributed by atoms with E-state index in [4.69, 9.17) is 47.4 Å². The second-order valence-corrected chi connectivity index (χ2v) is 27.4. The molecule has 0 saturated heterocycles. The summed E-state index contributed by atoms with van der Waals surface area (Å²) in [6.45, 7) is 13.5. The smallest absolute Gasteiger partial charge is 0.338 e. The molecule has 2 fully saturated rings. The van der Waals surface area contributed by atoms with Gasteiger partial charge in [0.05, 0.1) is 86.1 Å². The zero-order chi connectivity index (χ0) is 80.0. The average molecular weight is 1530 g/mol. The van der Waals surface area contributed by atoms with Gasteiger partial charge < -0.3 is 59.7 Å². The van der Waals surface area contributed by atoms with Gasteiger partial charge in [0.15, 0.2) is 0 Å². The second kappa shape index (κ2) is 49.4. The largest absolute Gasteiger partial charge is 0.494 e. The first-order valence-electron chi connectivity index (χ1n) is 38.4. The van der Waals surface area contributed by atoms with Gasteiger partial charge in [-0.05, 0) is 222 Å². The number of esters is 8. The van der Waals surface area contributed by atoms with Crippen molar-refractivity contribution < 1.29 is 85.7 Å². The van der Waals surface area contributed by atoms with Crippen molar-refractivity contribution in [1.29, 1.82) is 0 Å². The average Bonchev–Trinajstić information content (AvgIpc) is 0.832. The molecule has 2 aliphatic rings. The zero-order valence-electron chi connectivity index (χ0n) is 64.3. The van der Waals surface area contributed by atoms with Crippen LogP contribution in [0, 0.1) is 48.4 Å². The Hall–Kier alpha value is -11.7. The van der Waals surface area contributed by atoms with E-state index in [2.05, 4.69) is 85.0 Å². The molecular weight excluding hydrogens is 1420 g/mol. The standard InChI is InChI=1S/C87H100N4O18.C3H3/c1-5-17-63-19-23-65(24-20-63)55-88-90-57-67-27-31-69(32-28-67)81(94)104-59-87(60-105-82(95)70-33-29-68(30-34-70)58-91-89-56-66-25-21-64(18-6-2)22-26-66,61-106-83(96)71-35-39-73(40-36-71)85(98)108-77-47-43-75(44-48-77)100-51-13-9-11-15-53-102-79(92)7-3)62-107-84(97)72-37-41-74(42-38-72)86(99)109-78-49-45-76(46-50-78)101-52-14-10-12-16-54-103-80(93)8-4;1-3-2/h7-8,19-34,43-50,55-58,71-74H,3-6,9-18,35-42,51-54,59-62H2,1-2H3;1H,2H2/q;-1/b88-55+,89-56+,90-57+,91-58+;. The van der Waals surface area contributed by atoms with Crippen LogP contribution in [0.2, 0.25) is 0 Å². The van der Waals surface area contributed by atoms with Gasteiger partial charge in [-0.1, -0.05) is 113 Å². The molecule has 22 heteroatoms. The van der Waals surface area contributed by atoms with Crippen LogP contribution in [0.25, 0.3) is 0 Å². The van der Waals surface area contributed by atoms with E-state index in [1.807, 2.05) is 30.2 Å². The van der Waals surface area contributed by atoms with Crippen molar-refractivity contribution >= 4 is 72.6 Å². The molecule has 22 nitrogen and oxygen atoms in total. The van der Waals surface area contributed by atoms with Crippen LogP contribution in [-0.2, 0) is 70.0 Å². The molecule has 0 amide bonds. The molecule has 8 rings (SSSR count). The van der Waals surface area contributed by atoms with Crippen molar-refractivity contribution in [1.82, 2.24) is 0 Å². The zero-order valence-corrected chi connectivity index (χ0v) is 64.3. The lowest BCUT2D eigenvalue weighted by Gasteiger charge is -2.33. The number of aryl methyl sites for hydroxylation is 2. The van der Waals surface area contributed by atoms with E-state index in [9.17, 15) is 38.4 Å². The molecule has 0 spiro atoms. The maximum Gasteiger partial charge on any atom is 0.338 e. The van der Waals surface area contributed by atoms with Crippen LogP contribution in [0.15, 0.2) is 191 Å². The monoisotopic (exact) mass is 1530 g/mol. The van der Waals surface area contributed by atoms with Crippen LogP contribution in [0.5, 0.6) is 23.0 Å². The number of benzene rings is 6. The Labute approximate surface area is 657 Å². The molecule has 0 radical (unpaired) electrons. The van der Waals surface area contributed by atoms with Gasteiger partial charge in [-0.25, -0.2) is 19.2 Å². The van der Waals surface area contributed by atoms with Crippen LogP contribution in [0.1, 0.15) is 184 Å². The number of ether oxygens (including phenoxy) is 10. The Bertz CT molecular complexity index is 3850. The summed E-state index contributed by atoms with van der Waals surface area (Å²) in [6, 6.07) is 42.5.